The van der Waals surface area contributed by atoms with E-state index in [1.807, 2.05) is 12.1 Å². The van der Waals surface area contributed by atoms with Gasteiger partial charge in [0.15, 0.2) is 6.61 Å². The van der Waals surface area contributed by atoms with Crippen molar-refractivity contribution in [2.24, 2.45) is 5.92 Å². The average molecular weight is 503 g/mol. The van der Waals surface area contributed by atoms with Crippen molar-refractivity contribution in [1.29, 1.82) is 0 Å². The predicted octanol–water partition coefficient (Wildman–Crippen LogP) is 3.50. The molecule has 0 aromatic heterocycles. The van der Waals surface area contributed by atoms with Crippen molar-refractivity contribution >= 4 is 11.9 Å². The molecule has 4 rings (SSSR count). The summed E-state index contributed by atoms with van der Waals surface area (Å²) in [7, 11) is 1.53. The Labute approximate surface area is 218 Å². The Morgan fingerprint density at radius 1 is 0.946 bits per heavy atom. The largest absolute Gasteiger partial charge is 0.484 e. The fourth-order valence-corrected chi connectivity index (χ4v) is 4.56. The smallest absolute Gasteiger partial charge is 0.347 e. The van der Waals surface area contributed by atoms with E-state index in [0.29, 0.717) is 16.9 Å². The first-order chi connectivity index (χ1) is 18.0. The van der Waals surface area contributed by atoms with Crippen LogP contribution in [-0.4, -0.2) is 55.2 Å². The molecule has 1 aliphatic heterocycles. The molecule has 0 spiro atoms. The Hall–Kier alpha value is -3.68. The molecule has 0 saturated carbocycles. The van der Waals surface area contributed by atoms with Crippen molar-refractivity contribution in [3.05, 3.63) is 102 Å². The van der Waals surface area contributed by atoms with Gasteiger partial charge < -0.3 is 19.9 Å². The number of aliphatic hydroxyl groups is 1. The van der Waals surface area contributed by atoms with Crippen molar-refractivity contribution in [2.75, 3.05) is 33.4 Å². The van der Waals surface area contributed by atoms with Crippen LogP contribution < -0.4 is 10.1 Å². The number of hydrogen-bond acceptors (Lipinski definition) is 6. The summed E-state index contributed by atoms with van der Waals surface area (Å²) >= 11 is 0. The lowest BCUT2D eigenvalue weighted by atomic mass is 9.86. The number of hydrogen-bond donors (Lipinski definition) is 2. The summed E-state index contributed by atoms with van der Waals surface area (Å²) in [5, 5.41) is 14.3. The summed E-state index contributed by atoms with van der Waals surface area (Å²) in [6, 6.07) is 25.7. The first-order valence-electron chi connectivity index (χ1n) is 12.6. The maximum Gasteiger partial charge on any atom is 0.347 e. The number of likely N-dealkylation sites (tertiary alicyclic amines) is 1. The first-order valence-corrected chi connectivity index (χ1v) is 12.6. The standard InChI is InChI=1S/C30H34N2O5/c1-31-28(33)22-36-27-14-8-13-26(19-27)30(35,25-11-6-3-7-12-25)29(34)37-21-24-15-17-32(18-16-24)20-23-9-4-2-5-10-23/h2-14,19,24,35H,15-18,20-22H2,1H3,(H,31,33)/t30-/m0/s1. The molecule has 2 N–H and O–H groups in total. The van der Waals surface area contributed by atoms with Gasteiger partial charge in [-0.05, 0) is 55.1 Å². The summed E-state index contributed by atoms with van der Waals surface area (Å²) in [5.74, 6) is -0.404. The normalized spacial score (nSPS) is 15.9. The molecule has 37 heavy (non-hydrogen) atoms. The molecule has 3 aromatic rings. The van der Waals surface area contributed by atoms with Gasteiger partial charge in [0.2, 0.25) is 5.60 Å². The number of ether oxygens (including phenoxy) is 2. The molecular formula is C30H34N2O5. The molecule has 0 aliphatic carbocycles. The minimum atomic E-state index is -2.01. The fraction of sp³-hybridized carbons (Fsp3) is 0.333. The molecule has 0 unspecified atom stereocenters. The number of amides is 1. The number of likely N-dealkylation sites (N-methyl/N-ethyl adjacent to an activating group) is 1. The van der Waals surface area contributed by atoms with Gasteiger partial charge in [-0.3, -0.25) is 9.69 Å². The van der Waals surface area contributed by atoms with Crippen molar-refractivity contribution in [3.8, 4) is 5.75 Å². The van der Waals surface area contributed by atoms with Gasteiger partial charge in [0.25, 0.3) is 5.91 Å². The maximum atomic E-state index is 13.5. The van der Waals surface area contributed by atoms with Gasteiger partial charge in [-0.15, -0.1) is 0 Å². The average Bonchev–Trinajstić information content (AvgIpc) is 2.96. The molecule has 0 radical (unpaired) electrons. The zero-order valence-electron chi connectivity index (χ0n) is 21.1. The van der Waals surface area contributed by atoms with Crippen LogP contribution in [0.25, 0.3) is 0 Å². The van der Waals surface area contributed by atoms with Gasteiger partial charge in [0, 0.05) is 19.2 Å². The van der Waals surface area contributed by atoms with Gasteiger partial charge in [-0.25, -0.2) is 4.79 Å². The number of esters is 1. The molecule has 1 atom stereocenters. The van der Waals surface area contributed by atoms with Crippen molar-refractivity contribution < 1.29 is 24.2 Å². The molecule has 0 bridgehead atoms. The van der Waals surface area contributed by atoms with E-state index >= 15 is 0 Å². The van der Waals surface area contributed by atoms with Crippen LogP contribution in [0, 0.1) is 5.92 Å². The highest BCUT2D eigenvalue weighted by molar-refractivity contribution is 5.85. The molecule has 1 aliphatic rings. The zero-order valence-corrected chi connectivity index (χ0v) is 21.1. The highest BCUT2D eigenvalue weighted by atomic mass is 16.5. The number of benzene rings is 3. The van der Waals surface area contributed by atoms with Crippen LogP contribution in [0.5, 0.6) is 5.75 Å². The van der Waals surface area contributed by atoms with Crippen LogP contribution in [0.1, 0.15) is 29.5 Å². The third-order valence-corrected chi connectivity index (χ3v) is 6.79. The fourth-order valence-electron chi connectivity index (χ4n) is 4.56. The van der Waals surface area contributed by atoms with E-state index in [-0.39, 0.29) is 25.0 Å². The first kappa shape index (κ1) is 26.4. The Morgan fingerprint density at radius 2 is 1.59 bits per heavy atom. The second-order valence-electron chi connectivity index (χ2n) is 9.37. The molecule has 7 nitrogen and oxygen atoms in total. The summed E-state index contributed by atoms with van der Waals surface area (Å²) < 4.78 is 11.3. The highest BCUT2D eigenvalue weighted by Crippen LogP contribution is 2.33. The van der Waals surface area contributed by atoms with E-state index < -0.39 is 11.6 Å². The summed E-state index contributed by atoms with van der Waals surface area (Å²) in [4.78, 5) is 27.4. The van der Waals surface area contributed by atoms with Crippen molar-refractivity contribution in [3.63, 3.8) is 0 Å². The van der Waals surface area contributed by atoms with Crippen LogP contribution >= 0.6 is 0 Å². The van der Waals surface area contributed by atoms with E-state index in [1.54, 1.807) is 48.5 Å². The second-order valence-corrected chi connectivity index (χ2v) is 9.37. The molecule has 1 amide bonds. The monoisotopic (exact) mass is 502 g/mol. The van der Waals surface area contributed by atoms with Gasteiger partial charge >= 0.3 is 5.97 Å². The Balaban J connectivity index is 1.42. The molecule has 1 saturated heterocycles. The lowest BCUT2D eigenvalue weighted by Gasteiger charge is -2.33. The van der Waals surface area contributed by atoms with E-state index in [1.165, 1.54) is 12.6 Å². The summed E-state index contributed by atoms with van der Waals surface area (Å²) in [5.41, 5.74) is 0.000491. The van der Waals surface area contributed by atoms with Crippen molar-refractivity contribution in [2.45, 2.75) is 25.0 Å². The van der Waals surface area contributed by atoms with E-state index in [2.05, 4.69) is 34.5 Å². The third kappa shape index (κ3) is 6.76. The minimum Gasteiger partial charge on any atom is -0.484 e. The van der Waals surface area contributed by atoms with Crippen LogP contribution in [0.4, 0.5) is 0 Å². The minimum absolute atomic E-state index is 0.170. The number of carbonyl (C=O) groups is 2. The second kappa shape index (κ2) is 12.5. The summed E-state index contributed by atoms with van der Waals surface area (Å²) in [6.07, 6.45) is 1.85. The van der Waals surface area contributed by atoms with Crippen LogP contribution in [0.2, 0.25) is 0 Å². The number of nitrogens with zero attached hydrogens (tertiary/aromatic N) is 1. The zero-order chi connectivity index (χ0) is 26.1. The highest BCUT2D eigenvalue weighted by Gasteiger charge is 2.42. The predicted molar refractivity (Wildman–Crippen MR) is 141 cm³/mol. The topological polar surface area (TPSA) is 88.1 Å². The number of rotatable bonds is 10. The molecule has 3 aromatic carbocycles. The van der Waals surface area contributed by atoms with Crippen LogP contribution in [0.15, 0.2) is 84.9 Å². The lowest BCUT2D eigenvalue weighted by Crippen LogP contribution is -2.40. The van der Waals surface area contributed by atoms with Gasteiger partial charge in [0.1, 0.15) is 5.75 Å². The number of carbonyl (C=O) groups excluding carboxylic acids is 2. The van der Waals surface area contributed by atoms with Gasteiger partial charge in [0.05, 0.1) is 6.61 Å². The lowest BCUT2D eigenvalue weighted by molar-refractivity contribution is -0.164. The molecular weight excluding hydrogens is 468 g/mol. The van der Waals surface area contributed by atoms with E-state index in [9.17, 15) is 14.7 Å². The molecule has 1 heterocycles. The van der Waals surface area contributed by atoms with E-state index in [4.69, 9.17) is 9.47 Å². The quantitative estimate of drug-likeness (QED) is 0.413. The van der Waals surface area contributed by atoms with E-state index in [0.717, 1.165) is 32.5 Å². The molecule has 7 heteroatoms. The molecule has 194 valence electrons. The third-order valence-electron chi connectivity index (χ3n) is 6.79. The number of piperidine rings is 1. The Morgan fingerprint density at radius 3 is 2.27 bits per heavy atom. The Bertz CT molecular complexity index is 1160. The number of nitrogens with one attached hydrogen (secondary N) is 1. The SMILES string of the molecule is CNC(=O)COc1cccc([C@](O)(C(=O)OCC2CCN(Cc3ccccc3)CC2)c2ccccc2)c1. The van der Waals surface area contributed by atoms with Crippen molar-refractivity contribution in [1.82, 2.24) is 10.2 Å². The van der Waals surface area contributed by atoms with Gasteiger partial charge in [-0.1, -0.05) is 72.8 Å². The summed E-state index contributed by atoms with van der Waals surface area (Å²) in [6.45, 7) is 2.87. The van der Waals surface area contributed by atoms with Crippen LogP contribution in [0.3, 0.4) is 0 Å². The van der Waals surface area contributed by atoms with Gasteiger partial charge in [-0.2, -0.15) is 0 Å². The maximum absolute atomic E-state index is 13.5. The molecule has 1 fully saturated rings. The Kier molecular flexibility index (Phi) is 8.93. The van der Waals surface area contributed by atoms with Crippen LogP contribution in [-0.2, 0) is 26.5 Å².